The number of nitrogens with zero attached hydrogens (tertiary/aromatic N) is 2. The van der Waals surface area contributed by atoms with Crippen molar-refractivity contribution in [1.29, 1.82) is 0 Å². The molecule has 3 N–H and O–H groups in total. The van der Waals surface area contributed by atoms with Crippen LogP contribution in [-0.4, -0.2) is 58.7 Å². The van der Waals surface area contributed by atoms with E-state index in [0.717, 1.165) is 5.56 Å². The molecule has 7 nitrogen and oxygen atoms in total. The Morgan fingerprint density at radius 1 is 1.22 bits per heavy atom. The Bertz CT molecular complexity index is 855. The molecule has 3 amide bonds. The molecule has 0 aromatic heterocycles. The summed E-state index contributed by atoms with van der Waals surface area (Å²) in [4.78, 5) is 42.1. The van der Waals surface area contributed by atoms with Crippen molar-refractivity contribution in [2.24, 2.45) is 11.7 Å². The largest absolute Gasteiger partial charge is 0.341 e. The number of carbonyl (C=O) groups excluding carboxylic acids is 3. The van der Waals surface area contributed by atoms with E-state index in [2.05, 4.69) is 11.2 Å². The van der Waals surface area contributed by atoms with Crippen molar-refractivity contribution in [2.75, 3.05) is 13.1 Å². The number of amides is 3. The zero-order valence-corrected chi connectivity index (χ0v) is 19.5. The van der Waals surface area contributed by atoms with Gasteiger partial charge in [-0.2, -0.15) is 0 Å². The zero-order valence-electron chi connectivity index (χ0n) is 18.7. The van der Waals surface area contributed by atoms with Gasteiger partial charge >= 0.3 is 0 Å². The first kappa shape index (κ1) is 25.7. The minimum absolute atomic E-state index is 0. The Hall–Kier alpha value is -2.56. The minimum Gasteiger partial charge on any atom is -0.341 e. The number of halogens is 1. The van der Waals surface area contributed by atoms with Crippen LogP contribution in [0, 0.1) is 18.3 Å². The number of benzene rings is 1. The van der Waals surface area contributed by atoms with E-state index in [-0.39, 0.29) is 48.6 Å². The van der Waals surface area contributed by atoms with Gasteiger partial charge in [0.15, 0.2) is 0 Å². The Kier molecular flexibility index (Phi) is 9.11. The predicted octanol–water partition coefficient (Wildman–Crippen LogP) is 1.86. The fraction of sp³-hybridized carbons (Fsp3) is 0.542. The molecule has 1 aromatic rings. The quantitative estimate of drug-likeness (QED) is 0.655. The van der Waals surface area contributed by atoms with Crippen molar-refractivity contribution in [3.8, 4) is 12.3 Å². The smallest absolute Gasteiger partial charge is 0.244 e. The molecule has 2 fully saturated rings. The molecule has 0 radical (unpaired) electrons. The summed E-state index contributed by atoms with van der Waals surface area (Å²) in [6, 6.07) is 7.24. The highest BCUT2D eigenvalue weighted by molar-refractivity contribution is 5.91. The summed E-state index contributed by atoms with van der Waals surface area (Å²) in [6.07, 6.45) is 7.99. The van der Waals surface area contributed by atoms with Crippen LogP contribution in [0.4, 0.5) is 0 Å². The highest BCUT2D eigenvalue weighted by Gasteiger charge is 2.44. The van der Waals surface area contributed by atoms with Crippen LogP contribution in [0.5, 0.6) is 0 Å². The first-order valence-corrected chi connectivity index (χ1v) is 11.0. The van der Waals surface area contributed by atoms with E-state index in [1.165, 1.54) is 0 Å². The first-order chi connectivity index (χ1) is 14.8. The highest BCUT2D eigenvalue weighted by Crippen LogP contribution is 2.30. The summed E-state index contributed by atoms with van der Waals surface area (Å²) < 4.78 is 0. The molecule has 32 heavy (non-hydrogen) atoms. The molecule has 0 bridgehead atoms. The molecular weight excluding hydrogens is 428 g/mol. The monoisotopic (exact) mass is 460 g/mol. The Morgan fingerprint density at radius 2 is 1.91 bits per heavy atom. The van der Waals surface area contributed by atoms with Gasteiger partial charge in [0.05, 0.1) is 0 Å². The zero-order chi connectivity index (χ0) is 22.5. The van der Waals surface area contributed by atoms with Crippen LogP contribution < -0.4 is 11.1 Å². The first-order valence-electron chi connectivity index (χ1n) is 11.0. The SMILES string of the molecule is C#C[C@@H](NC(=O)[C@@H]1CC[C@@H]2CCN(C(=O)CC(C)C)C[C@H](N)C(=O)N21)c1ccccc1.Cl. The van der Waals surface area contributed by atoms with Crippen molar-refractivity contribution < 1.29 is 14.4 Å². The third-order valence-corrected chi connectivity index (χ3v) is 6.05. The number of nitrogens with two attached hydrogens (primary N) is 1. The van der Waals surface area contributed by atoms with E-state index in [0.29, 0.717) is 32.2 Å². The highest BCUT2D eigenvalue weighted by atomic mass is 35.5. The van der Waals surface area contributed by atoms with Gasteiger partial charge in [-0.15, -0.1) is 18.8 Å². The third kappa shape index (κ3) is 5.81. The summed E-state index contributed by atoms with van der Waals surface area (Å²) in [6.45, 7) is 4.71. The van der Waals surface area contributed by atoms with Crippen LogP contribution >= 0.6 is 12.4 Å². The third-order valence-electron chi connectivity index (χ3n) is 6.05. The molecule has 0 unspecified atom stereocenters. The molecule has 2 aliphatic rings. The lowest BCUT2D eigenvalue weighted by Gasteiger charge is -2.37. The van der Waals surface area contributed by atoms with Gasteiger partial charge in [0, 0.05) is 25.6 Å². The molecule has 8 heteroatoms. The summed E-state index contributed by atoms with van der Waals surface area (Å²) in [5, 5.41) is 2.90. The molecule has 4 atom stereocenters. The maximum Gasteiger partial charge on any atom is 0.244 e. The summed E-state index contributed by atoms with van der Waals surface area (Å²) in [5.74, 6) is 2.35. The van der Waals surface area contributed by atoms with Crippen molar-refractivity contribution in [2.45, 2.75) is 63.7 Å². The van der Waals surface area contributed by atoms with Gasteiger partial charge in [-0.3, -0.25) is 14.4 Å². The van der Waals surface area contributed by atoms with Crippen molar-refractivity contribution in [3.05, 3.63) is 35.9 Å². The molecule has 2 heterocycles. The number of carbonyl (C=O) groups is 3. The summed E-state index contributed by atoms with van der Waals surface area (Å²) in [7, 11) is 0. The lowest BCUT2D eigenvalue weighted by molar-refractivity contribution is -0.144. The Morgan fingerprint density at radius 3 is 2.53 bits per heavy atom. The van der Waals surface area contributed by atoms with Gasteiger partial charge in [-0.1, -0.05) is 50.1 Å². The van der Waals surface area contributed by atoms with Crippen LogP contribution in [0.15, 0.2) is 30.3 Å². The maximum absolute atomic E-state index is 13.2. The van der Waals surface area contributed by atoms with Crippen molar-refractivity contribution in [3.63, 3.8) is 0 Å². The molecular formula is C24H33ClN4O3. The van der Waals surface area contributed by atoms with E-state index >= 15 is 0 Å². The molecule has 1 aromatic carbocycles. The van der Waals surface area contributed by atoms with Crippen LogP contribution in [0.3, 0.4) is 0 Å². The van der Waals surface area contributed by atoms with Crippen molar-refractivity contribution >= 4 is 30.1 Å². The number of hydrogen-bond donors (Lipinski definition) is 2. The maximum atomic E-state index is 13.2. The standard InChI is InChI=1S/C24H32N4O3.ClH/c1-4-20(17-8-6-5-7-9-17)26-23(30)21-11-10-18-12-13-27(22(29)14-16(2)3)15-19(25)24(31)28(18)21;/h1,5-9,16,18-21H,10-15,25H2,2-3H3,(H,26,30);1H/t18-,19+,20-,21+;/m1./s1. The second kappa shape index (κ2) is 11.3. The van der Waals surface area contributed by atoms with E-state index < -0.39 is 18.1 Å². The predicted molar refractivity (Wildman–Crippen MR) is 126 cm³/mol. The fourth-order valence-corrected chi connectivity index (χ4v) is 4.47. The van der Waals surface area contributed by atoms with Gasteiger partial charge in [0.2, 0.25) is 17.7 Å². The fourth-order valence-electron chi connectivity index (χ4n) is 4.47. The van der Waals surface area contributed by atoms with Gasteiger partial charge in [0.25, 0.3) is 0 Å². The van der Waals surface area contributed by atoms with E-state index in [9.17, 15) is 14.4 Å². The number of terminal acetylenes is 1. The van der Waals surface area contributed by atoms with Gasteiger partial charge < -0.3 is 20.9 Å². The Labute approximate surface area is 196 Å². The van der Waals surface area contributed by atoms with Crippen molar-refractivity contribution in [1.82, 2.24) is 15.1 Å². The molecule has 0 spiro atoms. The van der Waals surface area contributed by atoms with Crippen LogP contribution in [0.25, 0.3) is 0 Å². The molecule has 0 aliphatic carbocycles. The molecule has 2 aliphatic heterocycles. The van der Waals surface area contributed by atoms with Gasteiger partial charge in [-0.25, -0.2) is 0 Å². The lowest BCUT2D eigenvalue weighted by atomic mass is 10.1. The number of hydrogen-bond acceptors (Lipinski definition) is 4. The lowest BCUT2D eigenvalue weighted by Crippen LogP contribution is -2.59. The van der Waals surface area contributed by atoms with Gasteiger partial charge in [-0.05, 0) is 30.7 Å². The van der Waals surface area contributed by atoms with Crippen LogP contribution in [-0.2, 0) is 14.4 Å². The normalized spacial score (nSPS) is 24.0. The second-order valence-corrected chi connectivity index (χ2v) is 8.84. The Balaban J connectivity index is 0.00000363. The number of fused-ring (bicyclic) bond motifs is 1. The average Bonchev–Trinajstić information content (AvgIpc) is 3.16. The van der Waals surface area contributed by atoms with Gasteiger partial charge in [0.1, 0.15) is 18.1 Å². The van der Waals surface area contributed by atoms with E-state index in [4.69, 9.17) is 12.2 Å². The molecule has 3 rings (SSSR count). The van der Waals surface area contributed by atoms with E-state index in [1.54, 1.807) is 9.80 Å². The number of nitrogens with one attached hydrogen (secondary N) is 1. The minimum atomic E-state index is -0.843. The van der Waals surface area contributed by atoms with E-state index in [1.807, 2.05) is 44.2 Å². The van der Waals surface area contributed by atoms with Crippen LogP contribution in [0.2, 0.25) is 0 Å². The summed E-state index contributed by atoms with van der Waals surface area (Å²) >= 11 is 0. The summed E-state index contributed by atoms with van der Waals surface area (Å²) in [5.41, 5.74) is 7.02. The van der Waals surface area contributed by atoms with Crippen LogP contribution in [0.1, 0.15) is 51.1 Å². The second-order valence-electron chi connectivity index (χ2n) is 8.84. The molecule has 2 saturated heterocycles. The average molecular weight is 461 g/mol. The molecule has 0 saturated carbocycles. The number of rotatable bonds is 5. The molecule has 174 valence electrons. The topological polar surface area (TPSA) is 95.7 Å².